The fraction of sp³-hybridized carbons (Fsp3) is 0.875. The van der Waals surface area contributed by atoms with Gasteiger partial charge in [-0.25, -0.2) is 5.32 Å². The maximum Gasteiger partial charge on any atom is 0.213 e. The van der Waals surface area contributed by atoms with E-state index in [1.807, 2.05) is 4.90 Å². The lowest BCUT2D eigenvalue weighted by Crippen LogP contribution is -2.37. The highest BCUT2D eigenvalue weighted by Gasteiger charge is 2.25. The van der Waals surface area contributed by atoms with Gasteiger partial charge in [0.2, 0.25) is 5.96 Å². The van der Waals surface area contributed by atoms with E-state index < -0.39 is 0 Å². The molecule has 0 amide bonds. The number of hydrogen-bond acceptors (Lipinski definition) is 1. The third kappa shape index (κ3) is 2.41. The summed E-state index contributed by atoms with van der Waals surface area (Å²) in [6, 6.07) is 0.475. The van der Waals surface area contributed by atoms with Crippen LogP contribution in [0, 0.1) is 5.41 Å². The smallest absolute Gasteiger partial charge is 0.213 e. The summed E-state index contributed by atoms with van der Waals surface area (Å²) in [7, 11) is 0. The van der Waals surface area contributed by atoms with Crippen molar-refractivity contribution in [2.45, 2.75) is 32.7 Å². The van der Waals surface area contributed by atoms with E-state index in [0.29, 0.717) is 12.0 Å². The third-order valence-corrected chi connectivity index (χ3v) is 1.91. The molecule has 3 nitrogen and oxygen atoms in total. The minimum atomic E-state index is 0.470. The van der Waals surface area contributed by atoms with E-state index in [1.54, 1.807) is 0 Å². The van der Waals surface area contributed by atoms with E-state index in [9.17, 15) is 0 Å². The second-order valence-corrected chi connectivity index (χ2v) is 2.86. The Balaban J connectivity index is 2.24. The number of guanidine groups is 1. The number of nitrogens with zero attached hydrogens (tertiary/aromatic N) is 2. The van der Waals surface area contributed by atoms with E-state index >= 15 is 0 Å². The van der Waals surface area contributed by atoms with Crippen LogP contribution in [0.1, 0.15) is 26.7 Å². The molecule has 1 aliphatic rings. The molecule has 0 saturated heterocycles. The second-order valence-electron chi connectivity index (χ2n) is 2.86. The van der Waals surface area contributed by atoms with Crippen molar-refractivity contribution in [2.24, 2.45) is 0 Å². The molecule has 1 fully saturated rings. The Morgan fingerprint density at radius 2 is 2.00 bits per heavy atom. The molecular weight excluding hydrogens is 138 g/mol. The first-order valence-electron chi connectivity index (χ1n) is 4.32. The minimum absolute atomic E-state index is 0.470. The van der Waals surface area contributed by atoms with Crippen molar-refractivity contribution < 1.29 is 0 Å². The Labute approximate surface area is 68.3 Å². The summed E-state index contributed by atoms with van der Waals surface area (Å²) in [6.07, 6.45) is 2.37. The van der Waals surface area contributed by atoms with Crippen LogP contribution in [-0.4, -0.2) is 30.0 Å². The van der Waals surface area contributed by atoms with Crippen molar-refractivity contribution in [1.82, 2.24) is 10.2 Å². The quantitative estimate of drug-likeness (QED) is 0.478. The van der Waals surface area contributed by atoms with Crippen LogP contribution in [0.4, 0.5) is 0 Å². The lowest BCUT2D eigenvalue weighted by Gasteiger charge is -2.20. The molecule has 11 heavy (non-hydrogen) atoms. The van der Waals surface area contributed by atoms with Crippen molar-refractivity contribution >= 4 is 5.96 Å². The molecule has 1 radical (unpaired) electrons. The Morgan fingerprint density at radius 1 is 1.45 bits per heavy atom. The first-order valence-corrected chi connectivity index (χ1v) is 4.32. The van der Waals surface area contributed by atoms with Crippen LogP contribution in [0.2, 0.25) is 0 Å². The standard InChI is InChI=1S/C8H16N3/c1-3-11(4-2)8(9)10-7-5-6-7/h7,9H,3-6H2,1-2H3. The number of hydrogen-bond donors (Lipinski definition) is 1. The topological polar surface area (TPSA) is 41.2 Å². The average Bonchev–Trinajstić information content (AvgIpc) is 2.74. The lowest BCUT2D eigenvalue weighted by molar-refractivity contribution is 0.440. The molecule has 1 saturated carbocycles. The predicted octanol–water partition coefficient (Wildman–Crippen LogP) is 1.03. The van der Waals surface area contributed by atoms with Gasteiger partial charge in [-0.05, 0) is 26.7 Å². The van der Waals surface area contributed by atoms with Crippen LogP contribution in [0.25, 0.3) is 0 Å². The molecule has 0 aromatic heterocycles. The first kappa shape index (κ1) is 8.37. The van der Waals surface area contributed by atoms with Gasteiger partial charge in [-0.1, -0.05) is 0 Å². The summed E-state index contributed by atoms with van der Waals surface area (Å²) in [5.41, 5.74) is 0. The average molecular weight is 154 g/mol. The molecule has 0 atom stereocenters. The summed E-state index contributed by atoms with van der Waals surface area (Å²) in [5.74, 6) is 0.470. The first-order chi connectivity index (χ1) is 5.27. The van der Waals surface area contributed by atoms with Gasteiger partial charge in [0, 0.05) is 13.1 Å². The van der Waals surface area contributed by atoms with Gasteiger partial charge in [-0.2, -0.15) is 0 Å². The monoisotopic (exact) mass is 154 g/mol. The van der Waals surface area contributed by atoms with E-state index in [0.717, 1.165) is 13.1 Å². The Hall–Kier alpha value is -0.730. The predicted molar refractivity (Wildman–Crippen MR) is 45.8 cm³/mol. The van der Waals surface area contributed by atoms with Gasteiger partial charge in [0.05, 0.1) is 6.04 Å². The third-order valence-electron chi connectivity index (χ3n) is 1.91. The number of nitrogens with one attached hydrogen (secondary N) is 1. The maximum absolute atomic E-state index is 7.58. The fourth-order valence-corrected chi connectivity index (χ4v) is 0.981. The summed E-state index contributed by atoms with van der Waals surface area (Å²) >= 11 is 0. The van der Waals surface area contributed by atoms with Crippen LogP contribution in [0.15, 0.2) is 0 Å². The zero-order valence-electron chi connectivity index (χ0n) is 7.30. The molecule has 0 heterocycles. The Bertz CT molecular complexity index is 136. The number of rotatable bonds is 3. The van der Waals surface area contributed by atoms with Gasteiger partial charge in [-0.15, -0.1) is 0 Å². The molecule has 0 unspecified atom stereocenters. The maximum atomic E-state index is 7.58. The van der Waals surface area contributed by atoms with Gasteiger partial charge < -0.3 is 4.90 Å². The molecule has 0 aromatic carbocycles. The van der Waals surface area contributed by atoms with E-state index in [-0.39, 0.29) is 0 Å². The Kier molecular flexibility index (Phi) is 2.74. The molecule has 63 valence electrons. The summed E-state index contributed by atoms with van der Waals surface area (Å²) in [4.78, 5) is 1.97. The van der Waals surface area contributed by atoms with E-state index in [4.69, 9.17) is 5.41 Å². The van der Waals surface area contributed by atoms with Crippen LogP contribution in [0.5, 0.6) is 0 Å². The van der Waals surface area contributed by atoms with Crippen molar-refractivity contribution in [3.63, 3.8) is 0 Å². The highest BCUT2D eigenvalue weighted by atomic mass is 15.3. The van der Waals surface area contributed by atoms with Crippen molar-refractivity contribution in [3.05, 3.63) is 0 Å². The van der Waals surface area contributed by atoms with Gasteiger partial charge in [-0.3, -0.25) is 5.41 Å². The molecule has 0 aliphatic heterocycles. The minimum Gasteiger partial charge on any atom is -0.342 e. The van der Waals surface area contributed by atoms with Crippen LogP contribution >= 0.6 is 0 Å². The van der Waals surface area contributed by atoms with Crippen LogP contribution < -0.4 is 5.32 Å². The fourth-order valence-electron chi connectivity index (χ4n) is 0.981. The summed E-state index contributed by atoms with van der Waals surface area (Å²) in [5, 5.41) is 11.8. The molecule has 1 aliphatic carbocycles. The molecule has 0 aromatic rings. The lowest BCUT2D eigenvalue weighted by atomic mass is 10.5. The largest absolute Gasteiger partial charge is 0.342 e. The molecule has 3 heteroatoms. The SMILES string of the molecule is CCN(CC)C(=N)[N]C1CC1. The van der Waals surface area contributed by atoms with Crippen molar-refractivity contribution in [2.75, 3.05) is 13.1 Å². The van der Waals surface area contributed by atoms with Crippen LogP contribution in [-0.2, 0) is 0 Å². The van der Waals surface area contributed by atoms with Crippen molar-refractivity contribution in [1.29, 1.82) is 5.41 Å². The zero-order valence-corrected chi connectivity index (χ0v) is 7.30. The highest BCUT2D eigenvalue weighted by molar-refractivity contribution is 5.76. The van der Waals surface area contributed by atoms with Crippen molar-refractivity contribution in [3.8, 4) is 0 Å². The van der Waals surface area contributed by atoms with Crippen LogP contribution in [0.3, 0.4) is 0 Å². The molecule has 0 bridgehead atoms. The summed E-state index contributed by atoms with van der Waals surface area (Å²) in [6.45, 7) is 5.90. The molecule has 1 N–H and O–H groups in total. The second kappa shape index (κ2) is 3.60. The van der Waals surface area contributed by atoms with Gasteiger partial charge >= 0.3 is 0 Å². The summed E-state index contributed by atoms with van der Waals surface area (Å²) < 4.78 is 0. The highest BCUT2D eigenvalue weighted by Crippen LogP contribution is 2.20. The zero-order chi connectivity index (χ0) is 8.27. The normalized spacial score (nSPS) is 16.2. The van der Waals surface area contributed by atoms with Gasteiger partial charge in [0.25, 0.3) is 0 Å². The molecule has 1 rings (SSSR count). The Morgan fingerprint density at radius 3 is 2.36 bits per heavy atom. The van der Waals surface area contributed by atoms with Gasteiger partial charge in [0.1, 0.15) is 0 Å². The molecular formula is C8H16N3. The van der Waals surface area contributed by atoms with E-state index in [2.05, 4.69) is 19.2 Å². The van der Waals surface area contributed by atoms with Gasteiger partial charge in [0.15, 0.2) is 0 Å². The molecule has 0 spiro atoms. The van der Waals surface area contributed by atoms with E-state index in [1.165, 1.54) is 12.8 Å².